The van der Waals surface area contributed by atoms with Crippen LogP contribution >= 0.6 is 0 Å². The molecular weight excluding hydrogens is 266 g/mol. The number of rotatable bonds is 6. The van der Waals surface area contributed by atoms with E-state index < -0.39 is 11.6 Å². The van der Waals surface area contributed by atoms with Crippen molar-refractivity contribution in [1.29, 1.82) is 0 Å². The molecule has 0 aliphatic heterocycles. The fourth-order valence-electron chi connectivity index (χ4n) is 3.05. The fourth-order valence-corrected chi connectivity index (χ4v) is 3.05. The third-order valence-corrected chi connectivity index (χ3v) is 4.33. The molecule has 0 aromatic heterocycles. The summed E-state index contributed by atoms with van der Waals surface area (Å²) in [5, 5.41) is 0. The van der Waals surface area contributed by atoms with Crippen LogP contribution in [0.15, 0.2) is 30.9 Å². The molecule has 2 rings (SSSR count). The minimum Gasteiger partial charge on any atom is -0.203 e. The van der Waals surface area contributed by atoms with Gasteiger partial charge in [0.1, 0.15) is 0 Å². The van der Waals surface area contributed by atoms with Crippen molar-refractivity contribution in [3.63, 3.8) is 0 Å². The van der Waals surface area contributed by atoms with Crippen LogP contribution in [-0.2, 0) is 6.42 Å². The Kier molecular flexibility index (Phi) is 5.72. The van der Waals surface area contributed by atoms with E-state index in [2.05, 4.69) is 12.7 Å². The van der Waals surface area contributed by atoms with Crippen LogP contribution in [0.5, 0.6) is 0 Å². The summed E-state index contributed by atoms with van der Waals surface area (Å²) < 4.78 is 28.3. The lowest BCUT2D eigenvalue weighted by atomic mass is 9.84. The van der Waals surface area contributed by atoms with Gasteiger partial charge < -0.3 is 0 Å². The summed E-state index contributed by atoms with van der Waals surface area (Å²) in [6.07, 6.45) is 10.5. The number of aryl methyl sites for hydroxylation is 1. The molecule has 0 bridgehead atoms. The van der Waals surface area contributed by atoms with Crippen molar-refractivity contribution in [2.45, 2.75) is 51.9 Å². The zero-order valence-corrected chi connectivity index (χ0v) is 12.8. The Bertz CT molecular complexity index is 529. The molecule has 0 heterocycles. The van der Waals surface area contributed by atoms with Crippen LogP contribution < -0.4 is 0 Å². The van der Waals surface area contributed by atoms with Gasteiger partial charge in [-0.1, -0.05) is 37.6 Å². The Morgan fingerprint density at radius 2 is 2.10 bits per heavy atom. The molecule has 0 nitrogen and oxygen atoms in total. The Hall–Kier alpha value is -1.44. The standard InChI is InChI=1S/C19H24F2/c1-3-5-7-14-8-10-15(11-9-14)17-13-12-16(6-4-2)18(20)19(17)21/h3,10,12-14H,1,4-9,11H2,2H3. The molecule has 0 amide bonds. The van der Waals surface area contributed by atoms with E-state index in [1.54, 1.807) is 12.1 Å². The highest BCUT2D eigenvalue weighted by Crippen LogP contribution is 2.34. The predicted octanol–water partition coefficient (Wildman–Crippen LogP) is 6.07. The summed E-state index contributed by atoms with van der Waals surface area (Å²) in [7, 11) is 0. The normalized spacial score (nSPS) is 18.4. The van der Waals surface area contributed by atoms with E-state index in [9.17, 15) is 8.78 Å². The lowest BCUT2D eigenvalue weighted by Crippen LogP contribution is -2.07. The molecule has 0 N–H and O–H groups in total. The second-order valence-corrected chi connectivity index (χ2v) is 5.89. The number of halogens is 2. The maximum absolute atomic E-state index is 14.2. The zero-order chi connectivity index (χ0) is 15.2. The molecule has 0 saturated carbocycles. The van der Waals surface area contributed by atoms with E-state index in [-0.39, 0.29) is 0 Å². The van der Waals surface area contributed by atoms with Gasteiger partial charge in [0.2, 0.25) is 0 Å². The first-order valence-electron chi connectivity index (χ1n) is 7.94. The fraction of sp³-hybridized carbons (Fsp3) is 0.474. The number of hydrogen-bond donors (Lipinski definition) is 0. The largest absolute Gasteiger partial charge is 0.203 e. The highest BCUT2D eigenvalue weighted by Gasteiger charge is 2.20. The summed E-state index contributed by atoms with van der Waals surface area (Å²) in [6, 6.07) is 3.49. The quantitative estimate of drug-likeness (QED) is 0.558. The minimum absolute atomic E-state index is 0.453. The van der Waals surface area contributed by atoms with Crippen molar-refractivity contribution in [3.8, 4) is 0 Å². The molecule has 0 saturated heterocycles. The third-order valence-electron chi connectivity index (χ3n) is 4.33. The molecule has 114 valence electrons. The van der Waals surface area contributed by atoms with E-state index in [1.165, 1.54) is 0 Å². The summed E-state index contributed by atoms with van der Waals surface area (Å²) in [5.41, 5.74) is 1.90. The van der Waals surface area contributed by atoms with Crippen molar-refractivity contribution in [3.05, 3.63) is 53.6 Å². The van der Waals surface area contributed by atoms with Gasteiger partial charge in [-0.25, -0.2) is 8.78 Å². The Labute approximate surface area is 126 Å². The lowest BCUT2D eigenvalue weighted by Gasteiger charge is -2.22. The van der Waals surface area contributed by atoms with E-state index in [1.807, 2.05) is 13.0 Å². The number of hydrogen-bond acceptors (Lipinski definition) is 0. The molecule has 0 fully saturated rings. The van der Waals surface area contributed by atoms with Gasteiger partial charge in [0, 0.05) is 5.56 Å². The van der Waals surface area contributed by atoms with Crippen LogP contribution in [0.3, 0.4) is 0 Å². The Morgan fingerprint density at radius 3 is 2.71 bits per heavy atom. The minimum atomic E-state index is -0.670. The summed E-state index contributed by atoms with van der Waals surface area (Å²) in [4.78, 5) is 0. The molecule has 1 aromatic rings. The SMILES string of the molecule is C=CCCC1CC=C(c2ccc(CCC)c(F)c2F)CC1. The van der Waals surface area contributed by atoms with Gasteiger partial charge in [-0.3, -0.25) is 0 Å². The molecule has 1 unspecified atom stereocenters. The molecule has 0 spiro atoms. The number of allylic oxidation sites excluding steroid dienone is 3. The van der Waals surface area contributed by atoms with Crippen molar-refractivity contribution < 1.29 is 8.78 Å². The Morgan fingerprint density at radius 1 is 1.29 bits per heavy atom. The van der Waals surface area contributed by atoms with Crippen LogP contribution in [0, 0.1) is 17.6 Å². The Balaban J connectivity index is 2.14. The van der Waals surface area contributed by atoms with Crippen molar-refractivity contribution in [1.82, 2.24) is 0 Å². The molecule has 1 atom stereocenters. The van der Waals surface area contributed by atoms with Gasteiger partial charge in [0.15, 0.2) is 11.6 Å². The first-order valence-corrected chi connectivity index (χ1v) is 7.94. The third kappa shape index (κ3) is 3.81. The molecule has 1 aliphatic carbocycles. The van der Waals surface area contributed by atoms with Crippen LogP contribution in [-0.4, -0.2) is 0 Å². The van der Waals surface area contributed by atoms with Crippen LogP contribution in [0.4, 0.5) is 8.78 Å². The highest BCUT2D eigenvalue weighted by molar-refractivity contribution is 5.67. The molecule has 21 heavy (non-hydrogen) atoms. The van der Waals surface area contributed by atoms with E-state index in [0.717, 1.165) is 44.1 Å². The van der Waals surface area contributed by atoms with Crippen LogP contribution in [0.25, 0.3) is 5.57 Å². The topological polar surface area (TPSA) is 0 Å². The predicted molar refractivity (Wildman–Crippen MR) is 85.1 cm³/mol. The van der Waals surface area contributed by atoms with Crippen LogP contribution in [0.2, 0.25) is 0 Å². The van der Waals surface area contributed by atoms with Gasteiger partial charge in [-0.15, -0.1) is 6.58 Å². The first kappa shape index (κ1) is 15.9. The molecule has 2 heteroatoms. The van der Waals surface area contributed by atoms with Gasteiger partial charge in [-0.05, 0) is 55.6 Å². The first-order chi connectivity index (χ1) is 10.2. The maximum Gasteiger partial charge on any atom is 0.166 e. The summed E-state index contributed by atoms with van der Waals surface area (Å²) in [5.74, 6) is -0.681. The average molecular weight is 290 g/mol. The number of benzene rings is 1. The van der Waals surface area contributed by atoms with Crippen molar-refractivity contribution >= 4 is 5.57 Å². The zero-order valence-electron chi connectivity index (χ0n) is 12.8. The average Bonchev–Trinajstić information content (AvgIpc) is 2.51. The molecular formula is C19H24F2. The molecule has 1 aliphatic rings. The highest BCUT2D eigenvalue weighted by atomic mass is 19.2. The second-order valence-electron chi connectivity index (χ2n) is 5.89. The van der Waals surface area contributed by atoms with Crippen molar-refractivity contribution in [2.75, 3.05) is 0 Å². The van der Waals surface area contributed by atoms with E-state index in [0.29, 0.717) is 23.5 Å². The van der Waals surface area contributed by atoms with Crippen molar-refractivity contribution in [2.24, 2.45) is 5.92 Å². The molecule has 0 radical (unpaired) electrons. The smallest absolute Gasteiger partial charge is 0.166 e. The van der Waals surface area contributed by atoms with Gasteiger partial charge in [0.25, 0.3) is 0 Å². The van der Waals surface area contributed by atoms with E-state index in [4.69, 9.17) is 0 Å². The van der Waals surface area contributed by atoms with Crippen LogP contribution in [0.1, 0.15) is 56.6 Å². The van der Waals surface area contributed by atoms with E-state index >= 15 is 0 Å². The lowest BCUT2D eigenvalue weighted by molar-refractivity contribution is 0.452. The molecule has 1 aromatic carbocycles. The van der Waals surface area contributed by atoms with Gasteiger partial charge in [-0.2, -0.15) is 0 Å². The van der Waals surface area contributed by atoms with Gasteiger partial charge >= 0.3 is 0 Å². The maximum atomic E-state index is 14.2. The summed E-state index contributed by atoms with van der Waals surface area (Å²) >= 11 is 0. The monoisotopic (exact) mass is 290 g/mol. The summed E-state index contributed by atoms with van der Waals surface area (Å²) in [6.45, 7) is 5.72. The second kappa shape index (κ2) is 7.53. The van der Waals surface area contributed by atoms with Gasteiger partial charge in [0.05, 0.1) is 0 Å².